The third-order valence-electron chi connectivity index (χ3n) is 2.26. The predicted molar refractivity (Wildman–Crippen MR) is 50.4 cm³/mol. The molecule has 0 saturated carbocycles. The van der Waals surface area contributed by atoms with Crippen LogP contribution in [0.25, 0.3) is 22.1 Å². The molecule has 0 saturated heterocycles. The summed E-state index contributed by atoms with van der Waals surface area (Å²) in [5, 5.41) is 9.16. The summed E-state index contributed by atoms with van der Waals surface area (Å²) in [5.74, 6) is 0. The maximum Gasteiger partial charge on any atom is 0.157 e. The van der Waals surface area contributed by atoms with Gasteiger partial charge in [0.25, 0.3) is 0 Å². The van der Waals surface area contributed by atoms with Gasteiger partial charge in [0.05, 0.1) is 0 Å². The Kier molecular flexibility index (Phi) is 2.16. The van der Waals surface area contributed by atoms with Gasteiger partial charge in [-0.25, -0.2) is 4.68 Å². The van der Waals surface area contributed by atoms with Gasteiger partial charge in [-0.1, -0.05) is 23.4 Å². The molecule has 0 aliphatic heterocycles. The van der Waals surface area contributed by atoms with E-state index in [4.69, 9.17) is 0 Å². The molecule has 14 heavy (non-hydrogen) atoms. The summed E-state index contributed by atoms with van der Waals surface area (Å²) in [7, 11) is 1.88. The first-order valence-electron chi connectivity index (χ1n) is 4.12. The first-order valence-corrected chi connectivity index (χ1v) is 4.12. The number of rotatable bonds is 0. The molecule has 0 bridgehead atoms. The quantitative estimate of drug-likeness (QED) is 0.654. The van der Waals surface area contributed by atoms with Crippen molar-refractivity contribution in [2.45, 2.75) is 0 Å². The van der Waals surface area contributed by atoms with Gasteiger partial charge < -0.3 is 4.98 Å². The largest absolute Gasteiger partial charge is 0.338 e. The third kappa shape index (κ3) is 1.11. The Bertz CT molecular complexity index is 581. The van der Waals surface area contributed by atoms with E-state index in [1.54, 1.807) is 4.68 Å². The Morgan fingerprint density at radius 3 is 2.93 bits per heavy atom. The van der Waals surface area contributed by atoms with Gasteiger partial charge in [-0.05, 0) is 6.07 Å². The van der Waals surface area contributed by atoms with Crippen molar-refractivity contribution in [1.82, 2.24) is 20.0 Å². The molecule has 5 heteroatoms. The van der Waals surface area contributed by atoms with Crippen LogP contribution in [0.2, 0.25) is 0 Å². The number of aromatic amines is 1. The summed E-state index contributed by atoms with van der Waals surface area (Å²) in [5.41, 5.74) is 3.03. The number of fused-ring (bicyclic) bond motifs is 3. The van der Waals surface area contributed by atoms with E-state index in [1.165, 1.54) is 0 Å². The van der Waals surface area contributed by atoms with Crippen molar-refractivity contribution >= 4 is 22.1 Å². The predicted octanol–water partition coefficient (Wildman–Crippen LogP) is 1.45. The second-order valence-electron chi connectivity index (χ2n) is 3.08. The number of nitrogens with one attached hydrogen (secondary N) is 1. The number of hydrogen-bond acceptors (Lipinski definition) is 2. The molecule has 0 unspecified atom stereocenters. The van der Waals surface area contributed by atoms with Crippen molar-refractivity contribution in [3.05, 3.63) is 24.3 Å². The van der Waals surface area contributed by atoms with E-state index in [-0.39, 0.29) is 21.1 Å². The number of hydrogen-bond donors (Lipinski definition) is 1. The van der Waals surface area contributed by atoms with Crippen LogP contribution < -0.4 is 0 Å². The second-order valence-corrected chi connectivity index (χ2v) is 3.08. The summed E-state index contributed by atoms with van der Waals surface area (Å²) in [6.45, 7) is 0. The Labute approximate surface area is 94.6 Å². The Balaban J connectivity index is 0.000000750. The fraction of sp³-hybridized carbons (Fsp3) is 0.111. The van der Waals surface area contributed by atoms with Crippen LogP contribution in [0.3, 0.4) is 0 Å². The van der Waals surface area contributed by atoms with Crippen molar-refractivity contribution in [2.24, 2.45) is 7.05 Å². The van der Waals surface area contributed by atoms with Gasteiger partial charge in [0, 0.05) is 39.0 Å². The summed E-state index contributed by atoms with van der Waals surface area (Å²) in [6, 6.07) is 8.09. The number of benzene rings is 1. The van der Waals surface area contributed by atoms with Gasteiger partial charge in [-0.3, -0.25) is 0 Å². The topological polar surface area (TPSA) is 46.5 Å². The van der Waals surface area contributed by atoms with Crippen LogP contribution in [-0.2, 0) is 28.1 Å². The van der Waals surface area contributed by atoms with Gasteiger partial charge >= 0.3 is 0 Å². The minimum Gasteiger partial charge on any atom is -0.338 e. The molecule has 0 atom stereocenters. The zero-order chi connectivity index (χ0) is 8.84. The standard InChI is InChI=1S/C9H8N4.Pt/c1-13-9-8(11-12-13)6-4-2-3-5-7(6)10-9;/h2-5,10H,1H3;. The minimum absolute atomic E-state index is 0. The number of H-pyrrole nitrogens is 1. The molecule has 1 N–H and O–H groups in total. The molecule has 1 aromatic carbocycles. The van der Waals surface area contributed by atoms with E-state index in [9.17, 15) is 0 Å². The van der Waals surface area contributed by atoms with Gasteiger partial charge in [-0.15, -0.1) is 5.10 Å². The van der Waals surface area contributed by atoms with Gasteiger partial charge in [0.2, 0.25) is 0 Å². The third-order valence-corrected chi connectivity index (χ3v) is 2.26. The van der Waals surface area contributed by atoms with Crippen LogP contribution >= 0.6 is 0 Å². The Hall–Kier alpha value is -1.15. The number of para-hydroxylation sites is 1. The van der Waals surface area contributed by atoms with Crippen molar-refractivity contribution in [2.75, 3.05) is 0 Å². The van der Waals surface area contributed by atoms with E-state index < -0.39 is 0 Å². The molecule has 74 valence electrons. The monoisotopic (exact) mass is 367 g/mol. The minimum atomic E-state index is 0. The molecule has 0 radical (unpaired) electrons. The maximum absolute atomic E-state index is 4.09. The molecule has 0 aliphatic rings. The van der Waals surface area contributed by atoms with Crippen molar-refractivity contribution in [3.63, 3.8) is 0 Å². The first-order chi connectivity index (χ1) is 6.36. The molecule has 3 aromatic rings. The van der Waals surface area contributed by atoms with E-state index >= 15 is 0 Å². The molecule has 0 fully saturated rings. The van der Waals surface area contributed by atoms with Crippen molar-refractivity contribution in [1.29, 1.82) is 0 Å². The smallest absolute Gasteiger partial charge is 0.157 e. The summed E-state index contributed by atoms with van der Waals surface area (Å²) < 4.78 is 1.75. The Morgan fingerprint density at radius 2 is 2.07 bits per heavy atom. The average Bonchev–Trinajstić information content (AvgIpc) is 2.67. The summed E-state index contributed by atoms with van der Waals surface area (Å²) >= 11 is 0. The summed E-state index contributed by atoms with van der Waals surface area (Å²) in [6.07, 6.45) is 0. The van der Waals surface area contributed by atoms with E-state index in [2.05, 4.69) is 15.3 Å². The van der Waals surface area contributed by atoms with Crippen LogP contribution in [0.15, 0.2) is 24.3 Å². The second kappa shape index (κ2) is 3.21. The van der Waals surface area contributed by atoms with E-state index in [0.29, 0.717) is 0 Å². The zero-order valence-electron chi connectivity index (χ0n) is 7.47. The molecular formula is C9H8N4Pt. The molecule has 2 heterocycles. The van der Waals surface area contributed by atoms with Crippen molar-refractivity contribution < 1.29 is 21.1 Å². The molecule has 0 amide bonds. The van der Waals surface area contributed by atoms with Crippen LogP contribution in [-0.4, -0.2) is 20.0 Å². The van der Waals surface area contributed by atoms with Gasteiger partial charge in [-0.2, -0.15) is 0 Å². The van der Waals surface area contributed by atoms with Crippen LogP contribution in [0.5, 0.6) is 0 Å². The summed E-state index contributed by atoms with van der Waals surface area (Å²) in [4.78, 5) is 3.26. The zero-order valence-corrected chi connectivity index (χ0v) is 9.74. The fourth-order valence-corrected chi connectivity index (χ4v) is 1.60. The molecule has 0 spiro atoms. The molecule has 0 aliphatic carbocycles. The fourth-order valence-electron chi connectivity index (χ4n) is 1.60. The normalized spacial score (nSPS) is 10.6. The van der Waals surface area contributed by atoms with Gasteiger partial charge in [0.1, 0.15) is 5.52 Å². The number of aromatic nitrogens is 4. The molecule has 2 aromatic heterocycles. The number of nitrogens with zero attached hydrogens (tertiary/aromatic N) is 3. The van der Waals surface area contributed by atoms with Crippen LogP contribution in [0.1, 0.15) is 0 Å². The SMILES string of the molecule is Cn1nnc2c3ccccc3[nH]c21.[Pt]. The van der Waals surface area contributed by atoms with Gasteiger partial charge in [0.15, 0.2) is 5.65 Å². The number of aryl methyl sites for hydroxylation is 1. The molecule has 3 rings (SSSR count). The van der Waals surface area contributed by atoms with E-state index in [0.717, 1.165) is 22.1 Å². The van der Waals surface area contributed by atoms with Crippen LogP contribution in [0.4, 0.5) is 0 Å². The Morgan fingerprint density at radius 1 is 1.29 bits per heavy atom. The molecular weight excluding hydrogens is 359 g/mol. The van der Waals surface area contributed by atoms with E-state index in [1.807, 2.05) is 31.3 Å². The first kappa shape index (κ1) is 9.41. The maximum atomic E-state index is 4.09. The average molecular weight is 367 g/mol. The van der Waals surface area contributed by atoms with Crippen LogP contribution in [0, 0.1) is 0 Å². The van der Waals surface area contributed by atoms with Crippen molar-refractivity contribution in [3.8, 4) is 0 Å². The molecule has 4 nitrogen and oxygen atoms in total.